The number of nitrogens with two attached hydrogens (primary N) is 2. The number of carbonyl (C=O) groups excluding carboxylic acids is 2. The fourth-order valence-corrected chi connectivity index (χ4v) is 2.48. The molecule has 2 heterocycles. The number of hydrogen-bond donors (Lipinski definition) is 2. The molecular weight excluding hydrogens is 359 g/mol. The van der Waals surface area contributed by atoms with Gasteiger partial charge in [-0.2, -0.15) is 0 Å². The van der Waals surface area contributed by atoms with E-state index in [1.54, 1.807) is 0 Å². The van der Waals surface area contributed by atoms with Crippen LogP contribution in [0.5, 0.6) is 0 Å². The highest BCUT2D eigenvalue weighted by molar-refractivity contribution is 6.34. The highest BCUT2D eigenvalue weighted by atomic mass is 35.5. The van der Waals surface area contributed by atoms with Crippen LogP contribution in [-0.2, 0) is 9.47 Å². The van der Waals surface area contributed by atoms with Crippen LogP contribution in [0.15, 0.2) is 12.4 Å². The lowest BCUT2D eigenvalue weighted by molar-refractivity contribution is 0.0592. The van der Waals surface area contributed by atoms with Crippen molar-refractivity contribution in [2.24, 2.45) is 0 Å². The fraction of sp³-hybridized carbons (Fsp3) is 0.143. The van der Waals surface area contributed by atoms with Gasteiger partial charge in [0.05, 0.1) is 25.6 Å². The number of aromatic nitrogens is 2. The van der Waals surface area contributed by atoms with Gasteiger partial charge in [-0.25, -0.2) is 19.6 Å². The van der Waals surface area contributed by atoms with E-state index in [0.29, 0.717) is 0 Å². The molecule has 8 nitrogen and oxygen atoms in total. The second kappa shape index (κ2) is 6.90. The zero-order valence-electron chi connectivity index (χ0n) is 12.6. The third-order valence-corrected chi connectivity index (χ3v) is 3.79. The molecule has 0 unspecified atom stereocenters. The first kappa shape index (κ1) is 17.8. The topological polar surface area (TPSA) is 130 Å². The van der Waals surface area contributed by atoms with Crippen molar-refractivity contribution in [3.05, 3.63) is 33.8 Å². The number of rotatable bonds is 3. The molecule has 0 fully saturated rings. The molecule has 0 radical (unpaired) electrons. The lowest BCUT2D eigenvalue weighted by Crippen LogP contribution is -2.12. The van der Waals surface area contributed by atoms with E-state index in [0.717, 1.165) is 0 Å². The Hall–Kier alpha value is -2.58. The Balaban J connectivity index is 2.75. The number of pyridine rings is 2. The van der Waals surface area contributed by atoms with Gasteiger partial charge in [-0.3, -0.25) is 0 Å². The van der Waals surface area contributed by atoms with Crippen LogP contribution < -0.4 is 11.5 Å². The van der Waals surface area contributed by atoms with Gasteiger partial charge in [0, 0.05) is 23.5 Å². The van der Waals surface area contributed by atoms with Gasteiger partial charge in [0.2, 0.25) is 0 Å². The maximum absolute atomic E-state index is 11.8. The number of nitrogen functional groups attached to an aromatic ring is 2. The molecule has 0 saturated carbocycles. The molecular formula is C14H12Cl2N4O4. The average Bonchev–Trinajstić information content (AvgIpc) is 2.55. The predicted molar refractivity (Wildman–Crippen MR) is 89.0 cm³/mol. The number of esters is 2. The first-order chi connectivity index (χ1) is 11.3. The van der Waals surface area contributed by atoms with E-state index >= 15 is 0 Å². The first-order valence-electron chi connectivity index (χ1n) is 6.38. The van der Waals surface area contributed by atoms with Crippen LogP contribution in [0.2, 0.25) is 10.3 Å². The van der Waals surface area contributed by atoms with E-state index in [-0.39, 0.29) is 43.9 Å². The summed E-state index contributed by atoms with van der Waals surface area (Å²) >= 11 is 11.8. The Bertz CT molecular complexity index is 773. The van der Waals surface area contributed by atoms with Crippen LogP contribution in [-0.4, -0.2) is 36.1 Å². The number of anilines is 2. The number of carbonyl (C=O) groups is 2. The number of nitrogens with zero attached hydrogens (tertiary/aromatic N) is 2. The van der Waals surface area contributed by atoms with Crippen molar-refractivity contribution in [2.45, 2.75) is 0 Å². The van der Waals surface area contributed by atoms with Gasteiger partial charge in [-0.15, -0.1) is 0 Å². The standard InChI is InChI=1S/C14H12Cl2N4O4/c1-23-13(21)7-9(17)5(3-19-11(7)15)6-4-20-12(16)8(10(6)18)14(22)24-2/h3-4H,1-2H3,(H2,17,19)(H2,18,20). The quantitative estimate of drug-likeness (QED) is 0.620. The predicted octanol–water partition coefficient (Wildman–Crippen LogP) is 2.19. The summed E-state index contributed by atoms with van der Waals surface area (Å²) in [5.74, 6) is -1.53. The summed E-state index contributed by atoms with van der Waals surface area (Å²) in [6, 6.07) is 0. The molecule has 0 amide bonds. The Morgan fingerprint density at radius 1 is 0.875 bits per heavy atom. The summed E-state index contributed by atoms with van der Waals surface area (Å²) in [7, 11) is 2.36. The minimum atomic E-state index is -0.763. The highest BCUT2D eigenvalue weighted by Gasteiger charge is 2.24. The van der Waals surface area contributed by atoms with Gasteiger partial charge in [0.25, 0.3) is 0 Å². The summed E-state index contributed by atoms with van der Waals surface area (Å²) in [6.07, 6.45) is 2.60. The summed E-state index contributed by atoms with van der Waals surface area (Å²) in [4.78, 5) is 31.5. The van der Waals surface area contributed by atoms with Gasteiger partial charge in [0.1, 0.15) is 21.4 Å². The van der Waals surface area contributed by atoms with E-state index in [9.17, 15) is 9.59 Å². The summed E-state index contributed by atoms with van der Waals surface area (Å²) in [6.45, 7) is 0. The maximum Gasteiger partial charge on any atom is 0.343 e. The Labute approximate surface area is 146 Å². The molecule has 2 aromatic heterocycles. The Morgan fingerprint density at radius 2 is 1.21 bits per heavy atom. The van der Waals surface area contributed by atoms with Crippen LogP contribution >= 0.6 is 23.2 Å². The van der Waals surface area contributed by atoms with E-state index in [4.69, 9.17) is 34.7 Å². The SMILES string of the molecule is COC(=O)c1c(Cl)ncc(-c2cnc(Cl)c(C(=O)OC)c2N)c1N. The fourth-order valence-electron chi connectivity index (χ4n) is 2.02. The van der Waals surface area contributed by atoms with Crippen molar-refractivity contribution in [1.29, 1.82) is 0 Å². The summed E-state index contributed by atoms with van der Waals surface area (Å²) in [5, 5.41) is -0.256. The monoisotopic (exact) mass is 370 g/mol. The Kier molecular flexibility index (Phi) is 5.10. The normalized spacial score (nSPS) is 10.3. The number of methoxy groups -OCH3 is 2. The molecule has 0 spiro atoms. The molecule has 0 atom stereocenters. The van der Waals surface area contributed by atoms with E-state index in [2.05, 4.69) is 19.4 Å². The molecule has 10 heteroatoms. The van der Waals surface area contributed by atoms with Crippen molar-refractivity contribution in [2.75, 3.05) is 25.7 Å². The van der Waals surface area contributed by atoms with Gasteiger partial charge >= 0.3 is 11.9 Å². The largest absolute Gasteiger partial charge is 0.465 e. The minimum absolute atomic E-state index is 0.0199. The van der Waals surface area contributed by atoms with E-state index < -0.39 is 11.9 Å². The lowest BCUT2D eigenvalue weighted by atomic mass is 10.0. The molecule has 0 aliphatic rings. The minimum Gasteiger partial charge on any atom is -0.465 e. The molecule has 0 aliphatic carbocycles. The van der Waals surface area contributed by atoms with E-state index in [1.807, 2.05) is 0 Å². The van der Waals surface area contributed by atoms with Crippen molar-refractivity contribution in [3.63, 3.8) is 0 Å². The van der Waals surface area contributed by atoms with Crippen LogP contribution in [0.4, 0.5) is 11.4 Å². The second-order valence-corrected chi connectivity index (χ2v) is 5.20. The molecule has 0 bridgehead atoms. The van der Waals surface area contributed by atoms with E-state index in [1.165, 1.54) is 26.6 Å². The third kappa shape index (κ3) is 2.93. The highest BCUT2D eigenvalue weighted by Crippen LogP contribution is 2.37. The molecule has 24 heavy (non-hydrogen) atoms. The molecule has 0 aromatic carbocycles. The maximum atomic E-state index is 11.8. The summed E-state index contributed by atoms with van der Waals surface area (Å²) in [5.41, 5.74) is 12.2. The molecule has 2 rings (SSSR count). The number of ether oxygens (including phenoxy) is 2. The van der Waals surface area contributed by atoms with Crippen molar-refractivity contribution < 1.29 is 19.1 Å². The first-order valence-corrected chi connectivity index (χ1v) is 7.14. The third-order valence-electron chi connectivity index (χ3n) is 3.21. The Morgan fingerprint density at radius 3 is 1.50 bits per heavy atom. The zero-order valence-corrected chi connectivity index (χ0v) is 14.1. The van der Waals surface area contributed by atoms with Crippen LogP contribution in [0.3, 0.4) is 0 Å². The van der Waals surface area contributed by atoms with Gasteiger partial charge in [-0.05, 0) is 0 Å². The molecule has 2 aromatic rings. The van der Waals surface area contributed by atoms with Gasteiger partial charge < -0.3 is 20.9 Å². The van der Waals surface area contributed by atoms with Crippen molar-refractivity contribution in [3.8, 4) is 11.1 Å². The van der Waals surface area contributed by atoms with Gasteiger partial charge in [0.15, 0.2) is 0 Å². The second-order valence-electron chi connectivity index (χ2n) is 4.49. The zero-order chi connectivity index (χ0) is 18.0. The van der Waals surface area contributed by atoms with Gasteiger partial charge in [-0.1, -0.05) is 23.2 Å². The summed E-state index contributed by atoms with van der Waals surface area (Å²) < 4.78 is 9.26. The average molecular weight is 371 g/mol. The molecule has 0 saturated heterocycles. The number of halogens is 2. The van der Waals surface area contributed by atoms with Crippen molar-refractivity contribution in [1.82, 2.24) is 9.97 Å². The smallest absolute Gasteiger partial charge is 0.343 e. The van der Waals surface area contributed by atoms with Crippen LogP contribution in [0, 0.1) is 0 Å². The molecule has 126 valence electrons. The molecule has 0 aliphatic heterocycles. The van der Waals surface area contributed by atoms with Crippen molar-refractivity contribution >= 4 is 46.5 Å². The van der Waals surface area contributed by atoms with Crippen LogP contribution in [0.1, 0.15) is 20.7 Å². The lowest BCUT2D eigenvalue weighted by Gasteiger charge is -2.14. The molecule has 4 N–H and O–H groups in total. The number of hydrogen-bond acceptors (Lipinski definition) is 8. The van der Waals surface area contributed by atoms with Crippen LogP contribution in [0.25, 0.3) is 11.1 Å².